The second-order valence-corrected chi connectivity index (χ2v) is 3.00. The lowest BCUT2D eigenvalue weighted by Gasteiger charge is -2.10. The van der Waals surface area contributed by atoms with Crippen LogP contribution in [0.25, 0.3) is 0 Å². The van der Waals surface area contributed by atoms with E-state index in [0.29, 0.717) is 5.69 Å². The molecule has 0 aromatic heterocycles. The summed E-state index contributed by atoms with van der Waals surface area (Å²) >= 11 is 0. The van der Waals surface area contributed by atoms with Crippen molar-refractivity contribution in [3.05, 3.63) is 22.8 Å². The van der Waals surface area contributed by atoms with E-state index < -0.39 is 5.97 Å². The SMILES string of the molecule is Cc1cc(C(=O)O)c(N)c(N)c1C. The van der Waals surface area contributed by atoms with Crippen LogP contribution in [0.1, 0.15) is 21.5 Å². The molecule has 0 saturated carbocycles. The molecular weight excluding hydrogens is 168 g/mol. The van der Waals surface area contributed by atoms with Crippen LogP contribution in [0.5, 0.6) is 0 Å². The average Bonchev–Trinajstić information content (AvgIpc) is 2.07. The van der Waals surface area contributed by atoms with Gasteiger partial charge >= 0.3 is 5.97 Å². The van der Waals surface area contributed by atoms with Gasteiger partial charge in [-0.25, -0.2) is 4.79 Å². The summed E-state index contributed by atoms with van der Waals surface area (Å²) in [5.41, 5.74) is 13.4. The van der Waals surface area contributed by atoms with Gasteiger partial charge < -0.3 is 16.6 Å². The molecule has 70 valence electrons. The lowest BCUT2D eigenvalue weighted by atomic mass is 10.0. The molecule has 0 bridgehead atoms. The molecule has 4 nitrogen and oxygen atoms in total. The van der Waals surface area contributed by atoms with Gasteiger partial charge in [0.15, 0.2) is 0 Å². The lowest BCUT2D eigenvalue weighted by molar-refractivity contribution is 0.0698. The number of anilines is 2. The Balaban J connectivity index is 3.50. The van der Waals surface area contributed by atoms with Gasteiger partial charge in [-0.05, 0) is 31.0 Å². The van der Waals surface area contributed by atoms with E-state index in [4.69, 9.17) is 16.6 Å². The highest BCUT2D eigenvalue weighted by atomic mass is 16.4. The molecule has 13 heavy (non-hydrogen) atoms. The van der Waals surface area contributed by atoms with Crippen LogP contribution >= 0.6 is 0 Å². The molecule has 5 N–H and O–H groups in total. The summed E-state index contributed by atoms with van der Waals surface area (Å²) < 4.78 is 0. The zero-order chi connectivity index (χ0) is 10.2. The van der Waals surface area contributed by atoms with Crippen molar-refractivity contribution in [3.8, 4) is 0 Å². The molecule has 1 aromatic carbocycles. The Morgan fingerprint density at radius 3 is 2.31 bits per heavy atom. The Morgan fingerprint density at radius 1 is 1.31 bits per heavy atom. The van der Waals surface area contributed by atoms with Crippen molar-refractivity contribution in [2.75, 3.05) is 11.5 Å². The molecule has 0 amide bonds. The maximum atomic E-state index is 10.7. The molecule has 0 unspecified atom stereocenters. The first-order valence-corrected chi connectivity index (χ1v) is 3.83. The van der Waals surface area contributed by atoms with E-state index in [1.165, 1.54) is 6.07 Å². The van der Waals surface area contributed by atoms with Crippen LogP contribution in [0.15, 0.2) is 6.07 Å². The molecule has 0 spiro atoms. The molecular formula is C9H12N2O2. The lowest BCUT2D eigenvalue weighted by Crippen LogP contribution is -2.08. The summed E-state index contributed by atoms with van der Waals surface area (Å²) in [5, 5.41) is 8.77. The standard InChI is InChI=1S/C9H12N2O2/c1-4-3-6(9(12)13)8(11)7(10)5(4)2/h3H,10-11H2,1-2H3,(H,12,13). The van der Waals surface area contributed by atoms with Gasteiger partial charge in [0, 0.05) is 0 Å². The van der Waals surface area contributed by atoms with Crippen LogP contribution in [0.4, 0.5) is 11.4 Å². The zero-order valence-electron chi connectivity index (χ0n) is 7.59. The van der Waals surface area contributed by atoms with Gasteiger partial charge in [-0.15, -0.1) is 0 Å². The summed E-state index contributed by atoms with van der Waals surface area (Å²) in [7, 11) is 0. The second-order valence-electron chi connectivity index (χ2n) is 3.00. The molecule has 1 aromatic rings. The Morgan fingerprint density at radius 2 is 1.85 bits per heavy atom. The van der Waals surface area contributed by atoms with Gasteiger partial charge in [-0.1, -0.05) is 0 Å². The molecule has 0 heterocycles. The predicted molar refractivity (Wildman–Crippen MR) is 51.7 cm³/mol. The third-order valence-corrected chi connectivity index (χ3v) is 2.17. The molecule has 0 radical (unpaired) electrons. The summed E-state index contributed by atoms with van der Waals surface area (Å²) in [6.45, 7) is 3.62. The van der Waals surface area contributed by atoms with Crippen molar-refractivity contribution in [1.29, 1.82) is 0 Å². The number of benzene rings is 1. The Bertz CT molecular complexity index is 372. The highest BCUT2D eigenvalue weighted by molar-refractivity contribution is 5.97. The molecule has 0 saturated heterocycles. The number of hydrogen-bond acceptors (Lipinski definition) is 3. The summed E-state index contributed by atoms with van der Waals surface area (Å²) in [6, 6.07) is 1.53. The van der Waals surface area contributed by atoms with Gasteiger partial charge in [0.05, 0.1) is 16.9 Å². The van der Waals surface area contributed by atoms with E-state index in [0.717, 1.165) is 11.1 Å². The van der Waals surface area contributed by atoms with Crippen molar-refractivity contribution in [3.63, 3.8) is 0 Å². The van der Waals surface area contributed by atoms with E-state index in [-0.39, 0.29) is 11.3 Å². The fourth-order valence-electron chi connectivity index (χ4n) is 1.14. The monoisotopic (exact) mass is 180 g/mol. The molecule has 0 aliphatic heterocycles. The van der Waals surface area contributed by atoms with Gasteiger partial charge in [0.1, 0.15) is 0 Å². The molecule has 4 heteroatoms. The number of carboxylic acid groups (broad SMARTS) is 1. The van der Waals surface area contributed by atoms with E-state index in [2.05, 4.69) is 0 Å². The number of carbonyl (C=O) groups is 1. The average molecular weight is 180 g/mol. The van der Waals surface area contributed by atoms with Gasteiger partial charge in [0.2, 0.25) is 0 Å². The van der Waals surface area contributed by atoms with Crippen LogP contribution < -0.4 is 11.5 Å². The minimum Gasteiger partial charge on any atom is -0.478 e. The van der Waals surface area contributed by atoms with E-state index in [1.54, 1.807) is 6.92 Å². The number of aromatic carboxylic acids is 1. The number of hydrogen-bond donors (Lipinski definition) is 3. The summed E-state index contributed by atoms with van der Waals surface area (Å²) in [5.74, 6) is -1.05. The minimum atomic E-state index is -1.05. The number of rotatable bonds is 1. The maximum Gasteiger partial charge on any atom is 0.337 e. The van der Waals surface area contributed by atoms with Crippen LogP contribution in [-0.2, 0) is 0 Å². The smallest absolute Gasteiger partial charge is 0.337 e. The number of nitrogens with two attached hydrogens (primary N) is 2. The van der Waals surface area contributed by atoms with Gasteiger partial charge in [-0.2, -0.15) is 0 Å². The first kappa shape index (κ1) is 9.38. The van der Waals surface area contributed by atoms with Crippen molar-refractivity contribution in [1.82, 2.24) is 0 Å². The van der Waals surface area contributed by atoms with Crippen molar-refractivity contribution in [2.45, 2.75) is 13.8 Å². The zero-order valence-corrected chi connectivity index (χ0v) is 7.59. The van der Waals surface area contributed by atoms with Crippen molar-refractivity contribution < 1.29 is 9.90 Å². The van der Waals surface area contributed by atoms with Crippen LogP contribution in [0.2, 0.25) is 0 Å². The fourth-order valence-corrected chi connectivity index (χ4v) is 1.14. The Labute approximate surface area is 76.2 Å². The van der Waals surface area contributed by atoms with E-state index in [9.17, 15) is 4.79 Å². The van der Waals surface area contributed by atoms with Crippen molar-refractivity contribution in [2.24, 2.45) is 0 Å². The largest absolute Gasteiger partial charge is 0.478 e. The van der Waals surface area contributed by atoms with E-state index >= 15 is 0 Å². The van der Waals surface area contributed by atoms with Crippen LogP contribution in [0.3, 0.4) is 0 Å². The topological polar surface area (TPSA) is 89.3 Å². The maximum absolute atomic E-state index is 10.7. The second kappa shape index (κ2) is 2.97. The molecule has 0 atom stereocenters. The molecule has 0 aliphatic carbocycles. The number of nitrogen functional groups attached to an aromatic ring is 2. The highest BCUT2D eigenvalue weighted by Gasteiger charge is 2.13. The molecule has 0 aliphatic rings. The van der Waals surface area contributed by atoms with Crippen molar-refractivity contribution >= 4 is 17.3 Å². The quantitative estimate of drug-likeness (QED) is 0.566. The normalized spacial score (nSPS) is 10.0. The van der Waals surface area contributed by atoms with E-state index in [1.807, 2.05) is 6.92 Å². The van der Waals surface area contributed by atoms with Gasteiger partial charge in [0.25, 0.3) is 0 Å². The van der Waals surface area contributed by atoms with Gasteiger partial charge in [-0.3, -0.25) is 0 Å². The summed E-state index contributed by atoms with van der Waals surface area (Å²) in [4.78, 5) is 10.7. The third-order valence-electron chi connectivity index (χ3n) is 2.17. The molecule has 0 fully saturated rings. The Kier molecular flexibility index (Phi) is 2.14. The van der Waals surface area contributed by atoms with Crippen LogP contribution in [-0.4, -0.2) is 11.1 Å². The highest BCUT2D eigenvalue weighted by Crippen LogP contribution is 2.26. The Hall–Kier alpha value is -1.71. The number of carboxylic acids is 1. The first-order chi connectivity index (χ1) is 5.95. The van der Waals surface area contributed by atoms with Crippen LogP contribution in [0, 0.1) is 13.8 Å². The number of aryl methyl sites for hydroxylation is 1. The fraction of sp³-hybridized carbons (Fsp3) is 0.222. The minimum absolute atomic E-state index is 0.0700. The first-order valence-electron chi connectivity index (χ1n) is 3.83. The predicted octanol–water partition coefficient (Wildman–Crippen LogP) is 1.17. The third kappa shape index (κ3) is 1.42. The molecule has 1 rings (SSSR count). The summed E-state index contributed by atoms with van der Waals surface area (Å²) in [6.07, 6.45) is 0.